The highest BCUT2D eigenvalue weighted by atomic mass is 32.2. The molecule has 4 rings (SSSR count). The van der Waals surface area contributed by atoms with E-state index in [0.717, 1.165) is 36.3 Å². The van der Waals surface area contributed by atoms with Crippen LogP contribution in [-0.2, 0) is 39.2 Å². The summed E-state index contributed by atoms with van der Waals surface area (Å²) >= 11 is 0. The quantitative estimate of drug-likeness (QED) is 0.125. The highest BCUT2D eigenvalue weighted by molar-refractivity contribution is 7.89. The standard InChI is InChI=1S/C27H37N7O7S2.C2H4O2/c1-42(38,39)32-25(36)17-34(21-9-10-21)26(37)23(14-24(35)30-15-18-5-4-12-33(16-18)27(28)29)31-43(40,41)22-11-8-19-6-2-3-7-20(19)13-22;1-2(3)4/h2-3,6-8,11,13,18,21,23,31H,4-5,9-10,12,14-17H2,1H3,(H3,28,29)(H,30,35)(H,32,36);1H3,(H,3,4)/t18-,23-;/m0./s1. The van der Waals surface area contributed by atoms with Gasteiger partial charge in [-0.05, 0) is 54.5 Å². The van der Waals surface area contributed by atoms with Crippen molar-refractivity contribution in [3.05, 3.63) is 42.5 Å². The second kappa shape index (κ2) is 16.0. The zero-order valence-corrected chi connectivity index (χ0v) is 27.8. The largest absolute Gasteiger partial charge is 0.481 e. The van der Waals surface area contributed by atoms with Crippen molar-refractivity contribution in [3.8, 4) is 0 Å². The first kappa shape index (κ1) is 37.2. The van der Waals surface area contributed by atoms with Crippen LogP contribution >= 0.6 is 0 Å². The molecule has 0 unspecified atom stereocenters. The Bertz CT molecular complexity index is 1710. The van der Waals surface area contributed by atoms with Gasteiger partial charge < -0.3 is 26.0 Å². The van der Waals surface area contributed by atoms with Crippen LogP contribution in [0.4, 0.5) is 0 Å². The average molecular weight is 696 g/mol. The molecule has 2 aliphatic rings. The van der Waals surface area contributed by atoms with E-state index in [1.807, 2.05) is 16.9 Å². The molecule has 2 fully saturated rings. The van der Waals surface area contributed by atoms with Crippen molar-refractivity contribution in [1.82, 2.24) is 24.6 Å². The average Bonchev–Trinajstić information content (AvgIpc) is 3.82. The van der Waals surface area contributed by atoms with Gasteiger partial charge in [-0.2, -0.15) is 4.72 Å². The number of aliphatic carboxylic acids is 1. The zero-order chi connectivity index (χ0) is 34.9. The van der Waals surface area contributed by atoms with Crippen LogP contribution in [0.1, 0.15) is 39.0 Å². The lowest BCUT2D eigenvalue weighted by Gasteiger charge is -2.33. The number of amides is 3. The molecule has 47 heavy (non-hydrogen) atoms. The summed E-state index contributed by atoms with van der Waals surface area (Å²) in [6.07, 6.45) is 2.93. The maximum Gasteiger partial charge on any atom is 0.300 e. The first-order valence-electron chi connectivity index (χ1n) is 14.8. The number of piperidine rings is 1. The molecule has 0 aromatic heterocycles. The number of carbonyl (C=O) groups excluding carboxylic acids is 3. The molecule has 0 spiro atoms. The minimum Gasteiger partial charge on any atom is -0.481 e. The van der Waals surface area contributed by atoms with Crippen LogP contribution in [0.3, 0.4) is 0 Å². The lowest BCUT2D eigenvalue weighted by Crippen LogP contribution is -2.53. The Morgan fingerprint density at radius 3 is 2.28 bits per heavy atom. The number of rotatable bonds is 12. The number of likely N-dealkylation sites (tertiary alicyclic amines) is 1. The highest BCUT2D eigenvalue weighted by Crippen LogP contribution is 2.28. The normalized spacial score (nSPS) is 17.1. The molecule has 1 aliphatic heterocycles. The molecule has 0 radical (unpaired) electrons. The van der Waals surface area contributed by atoms with Gasteiger partial charge in [0.2, 0.25) is 31.9 Å². The molecular weight excluding hydrogens is 654 g/mol. The number of hydrogen-bond donors (Lipinski definition) is 6. The van der Waals surface area contributed by atoms with Gasteiger partial charge in [0.25, 0.3) is 11.9 Å². The van der Waals surface area contributed by atoms with Crippen molar-refractivity contribution in [2.75, 3.05) is 32.4 Å². The molecule has 258 valence electrons. The van der Waals surface area contributed by atoms with E-state index in [1.165, 1.54) is 12.1 Å². The second-order valence-electron chi connectivity index (χ2n) is 11.5. The number of guanidine groups is 1. The van der Waals surface area contributed by atoms with Gasteiger partial charge in [-0.3, -0.25) is 29.3 Å². The molecule has 1 heterocycles. The smallest absolute Gasteiger partial charge is 0.300 e. The number of sulfonamides is 2. The van der Waals surface area contributed by atoms with Gasteiger partial charge in [0.1, 0.15) is 12.6 Å². The van der Waals surface area contributed by atoms with E-state index in [0.29, 0.717) is 31.3 Å². The SMILES string of the molecule is CC(=O)O.CS(=O)(=O)NC(=O)CN(C(=O)[C@H](CC(=O)NC[C@@H]1CCCN(C(=N)N)C1)NS(=O)(=O)c1ccc2ccccc2c1)C1CC1. The Morgan fingerprint density at radius 1 is 1.04 bits per heavy atom. The lowest BCUT2D eigenvalue weighted by atomic mass is 9.98. The third-order valence-corrected chi connectivity index (χ3v) is 9.42. The molecule has 0 bridgehead atoms. The minimum absolute atomic E-state index is 0.00712. The summed E-state index contributed by atoms with van der Waals surface area (Å²) in [4.78, 5) is 50.9. The van der Waals surface area contributed by atoms with Crippen molar-refractivity contribution in [1.29, 1.82) is 5.41 Å². The van der Waals surface area contributed by atoms with Gasteiger partial charge in [0, 0.05) is 32.6 Å². The number of carbonyl (C=O) groups is 4. The van der Waals surface area contributed by atoms with Crippen molar-refractivity contribution >= 4 is 60.5 Å². The molecule has 2 aromatic carbocycles. The summed E-state index contributed by atoms with van der Waals surface area (Å²) in [5.41, 5.74) is 5.60. The van der Waals surface area contributed by atoms with Crippen molar-refractivity contribution in [2.45, 2.75) is 56.0 Å². The van der Waals surface area contributed by atoms with E-state index in [4.69, 9.17) is 21.0 Å². The van der Waals surface area contributed by atoms with E-state index in [1.54, 1.807) is 23.1 Å². The third-order valence-electron chi connectivity index (χ3n) is 7.35. The van der Waals surface area contributed by atoms with Crippen LogP contribution < -0.4 is 20.5 Å². The Labute approximate surface area is 273 Å². The number of nitrogens with zero attached hydrogens (tertiary/aromatic N) is 2. The van der Waals surface area contributed by atoms with Gasteiger partial charge in [-0.25, -0.2) is 16.8 Å². The van der Waals surface area contributed by atoms with Crippen molar-refractivity contribution in [3.63, 3.8) is 0 Å². The van der Waals surface area contributed by atoms with Crippen LogP contribution in [0.15, 0.2) is 47.4 Å². The van der Waals surface area contributed by atoms with Gasteiger partial charge in [-0.1, -0.05) is 30.3 Å². The third kappa shape index (κ3) is 12.1. The number of fused-ring (bicyclic) bond motifs is 1. The van der Waals surface area contributed by atoms with Crippen LogP contribution in [0, 0.1) is 11.3 Å². The van der Waals surface area contributed by atoms with Crippen molar-refractivity contribution < 1.29 is 41.1 Å². The number of carboxylic acids is 1. The molecule has 2 atom stereocenters. The molecule has 3 amide bonds. The molecule has 7 N–H and O–H groups in total. The van der Waals surface area contributed by atoms with Crippen LogP contribution in [0.25, 0.3) is 10.8 Å². The van der Waals surface area contributed by atoms with Crippen LogP contribution in [-0.4, -0.2) is 106 Å². The van der Waals surface area contributed by atoms with Crippen LogP contribution in [0.5, 0.6) is 0 Å². The topological polar surface area (TPSA) is 249 Å². The monoisotopic (exact) mass is 695 g/mol. The molecule has 1 aliphatic carbocycles. The summed E-state index contributed by atoms with van der Waals surface area (Å²) in [5, 5.41) is 19.3. The molecule has 2 aromatic rings. The van der Waals surface area contributed by atoms with Gasteiger partial charge >= 0.3 is 0 Å². The molecule has 18 heteroatoms. The van der Waals surface area contributed by atoms with E-state index in [-0.39, 0.29) is 23.3 Å². The fourth-order valence-corrected chi connectivity index (χ4v) is 6.80. The Morgan fingerprint density at radius 2 is 1.68 bits per heavy atom. The first-order valence-corrected chi connectivity index (χ1v) is 18.2. The fraction of sp³-hybridized carbons (Fsp3) is 0.483. The van der Waals surface area contributed by atoms with Gasteiger partial charge in [0.15, 0.2) is 5.96 Å². The Hall–Kier alpha value is -4.29. The minimum atomic E-state index is -4.31. The molecule has 1 saturated carbocycles. The van der Waals surface area contributed by atoms with Crippen molar-refractivity contribution in [2.24, 2.45) is 11.7 Å². The maximum absolute atomic E-state index is 13.8. The van der Waals surface area contributed by atoms with E-state index in [9.17, 15) is 31.2 Å². The summed E-state index contributed by atoms with van der Waals surface area (Å²) in [6.45, 7) is 1.84. The second-order valence-corrected chi connectivity index (χ2v) is 15.0. The Kier molecular flexibility index (Phi) is 12.7. The maximum atomic E-state index is 13.8. The fourth-order valence-electron chi connectivity index (χ4n) is 5.10. The summed E-state index contributed by atoms with van der Waals surface area (Å²) in [7, 11) is -8.20. The Balaban J connectivity index is 0.00000142. The molecular formula is C29H41N7O9S2. The van der Waals surface area contributed by atoms with E-state index < -0.39 is 68.8 Å². The summed E-state index contributed by atoms with van der Waals surface area (Å²) in [6, 6.07) is 9.69. The summed E-state index contributed by atoms with van der Waals surface area (Å²) in [5.74, 6) is -3.23. The number of carboxylic acid groups (broad SMARTS) is 1. The predicted octanol–water partition coefficient (Wildman–Crippen LogP) is -0.244. The van der Waals surface area contributed by atoms with Gasteiger partial charge in [0.05, 0.1) is 17.6 Å². The lowest BCUT2D eigenvalue weighted by molar-refractivity contribution is -0.139. The summed E-state index contributed by atoms with van der Waals surface area (Å²) < 4.78 is 54.3. The van der Waals surface area contributed by atoms with E-state index >= 15 is 0 Å². The van der Waals surface area contributed by atoms with E-state index in [2.05, 4.69) is 10.0 Å². The molecule has 1 saturated heterocycles. The van der Waals surface area contributed by atoms with Gasteiger partial charge in [-0.15, -0.1) is 0 Å². The number of nitrogens with two attached hydrogens (primary N) is 1. The number of benzene rings is 2. The predicted molar refractivity (Wildman–Crippen MR) is 173 cm³/mol. The number of hydrogen-bond acceptors (Lipinski definition) is 9. The number of nitrogens with one attached hydrogen (secondary N) is 4. The highest BCUT2D eigenvalue weighted by Gasteiger charge is 2.39. The zero-order valence-electron chi connectivity index (χ0n) is 26.1. The van der Waals surface area contributed by atoms with Crippen LogP contribution in [0.2, 0.25) is 0 Å². The molecule has 16 nitrogen and oxygen atoms in total. The first-order chi connectivity index (χ1) is 21.9.